The molecule has 0 nitrogen and oxygen atoms in total. The Balaban J connectivity index is 0.000000218. The maximum Gasteiger partial charge on any atom is -1.00 e. The third-order valence-corrected chi connectivity index (χ3v) is 17.4. The predicted molar refractivity (Wildman–Crippen MR) is 249 cm³/mol. The molecular formula is C57H72Cl2Zr-2. The van der Waals surface area contributed by atoms with E-state index in [9.17, 15) is 0 Å². The fraction of sp³-hybridized carbons (Fsp3) is 0.456. The van der Waals surface area contributed by atoms with Crippen LogP contribution in [0, 0.1) is 47.3 Å². The van der Waals surface area contributed by atoms with Gasteiger partial charge in [0, 0.05) is 0 Å². The van der Waals surface area contributed by atoms with E-state index in [0.29, 0.717) is 11.3 Å². The minimum absolute atomic E-state index is 0. The Morgan fingerprint density at radius 2 is 1.38 bits per heavy atom. The Bertz CT molecular complexity index is 2160. The molecule has 1 fully saturated rings. The van der Waals surface area contributed by atoms with Crippen molar-refractivity contribution < 1.29 is 49.0 Å². The molecule has 0 amide bonds. The molecule has 0 bridgehead atoms. The van der Waals surface area contributed by atoms with Crippen molar-refractivity contribution >= 4 is 8.78 Å². The van der Waals surface area contributed by atoms with E-state index in [1.165, 1.54) is 104 Å². The van der Waals surface area contributed by atoms with E-state index >= 15 is 0 Å². The second kappa shape index (κ2) is 19.0. The van der Waals surface area contributed by atoms with Gasteiger partial charge in [-0.05, 0) is 40.6 Å². The first-order valence-electron chi connectivity index (χ1n) is 22.2. The fourth-order valence-electron chi connectivity index (χ4n) is 10.7. The van der Waals surface area contributed by atoms with Gasteiger partial charge in [0.15, 0.2) is 0 Å². The van der Waals surface area contributed by atoms with Gasteiger partial charge < -0.3 is 24.8 Å². The van der Waals surface area contributed by atoms with Gasteiger partial charge in [-0.15, -0.1) is 6.92 Å². The van der Waals surface area contributed by atoms with Crippen molar-refractivity contribution in [1.29, 1.82) is 0 Å². The van der Waals surface area contributed by atoms with Crippen molar-refractivity contribution in [3.05, 3.63) is 170 Å². The van der Waals surface area contributed by atoms with Crippen molar-refractivity contribution in [2.75, 3.05) is 0 Å². The van der Waals surface area contributed by atoms with E-state index in [1.54, 1.807) is 28.2 Å². The molecule has 0 aliphatic heterocycles. The largest absolute Gasteiger partial charge is 1.00 e. The maximum atomic E-state index is 2.62. The summed E-state index contributed by atoms with van der Waals surface area (Å²) in [5, 5.41) is 0. The zero-order valence-corrected chi connectivity index (χ0v) is 43.4. The van der Waals surface area contributed by atoms with Gasteiger partial charge >= 0.3 is 112 Å². The second-order valence-electron chi connectivity index (χ2n) is 20.7. The van der Waals surface area contributed by atoms with E-state index < -0.39 is 0 Å². The van der Waals surface area contributed by atoms with E-state index in [-0.39, 0.29) is 46.5 Å². The molecule has 8 rings (SSSR count). The Hall–Kier alpha value is -2.57. The Labute approximate surface area is 393 Å². The number of benzene rings is 3. The maximum absolute atomic E-state index is 2.62. The van der Waals surface area contributed by atoms with Gasteiger partial charge in [-0.3, -0.25) is 0 Å². The number of allylic oxidation sites excluding steroid dienone is 6. The smallest absolute Gasteiger partial charge is 1.00 e. The van der Waals surface area contributed by atoms with E-state index in [1.807, 2.05) is 0 Å². The van der Waals surface area contributed by atoms with Gasteiger partial charge in [-0.1, -0.05) is 166 Å². The molecule has 4 aliphatic rings. The summed E-state index contributed by atoms with van der Waals surface area (Å²) in [5.74, 6) is 2.24. The molecule has 0 saturated heterocycles. The Morgan fingerprint density at radius 3 is 1.92 bits per heavy atom. The van der Waals surface area contributed by atoms with Crippen LogP contribution in [0.2, 0.25) is 0 Å². The van der Waals surface area contributed by atoms with Crippen molar-refractivity contribution in [2.45, 2.75) is 141 Å². The average Bonchev–Trinajstić information content (AvgIpc) is 3.83. The molecule has 3 heteroatoms. The SMILES string of the molecule is CCCCc1cc(C(C)(C)C)c[cH-]1.C[C-]1C2=C3Cc4ccccc4C3=C3C=CCCC3C2(C)C(C)(C)C(C)(C)C1(C)C.Cc1ccc([C](=[Zr+2])c2ccc(C)cc2)cc1.[Cl-].[Cl-]. The van der Waals surface area contributed by atoms with Gasteiger partial charge in [0.1, 0.15) is 0 Å². The number of unbranched alkanes of at least 4 members (excludes halogenated alkanes) is 1. The van der Waals surface area contributed by atoms with Crippen LogP contribution in [0.5, 0.6) is 0 Å². The van der Waals surface area contributed by atoms with Crippen LogP contribution < -0.4 is 24.8 Å². The predicted octanol–water partition coefficient (Wildman–Crippen LogP) is 9.44. The summed E-state index contributed by atoms with van der Waals surface area (Å²) in [6, 6.07) is 33.6. The normalized spacial score (nSPS) is 21.4. The summed E-state index contributed by atoms with van der Waals surface area (Å²) >= 11 is 1.46. The summed E-state index contributed by atoms with van der Waals surface area (Å²) in [6.45, 7) is 33.6. The van der Waals surface area contributed by atoms with Crippen molar-refractivity contribution in [2.24, 2.45) is 27.6 Å². The second-order valence-corrected chi connectivity index (χ2v) is 22.0. The molecule has 0 radical (unpaired) electrons. The molecule has 0 spiro atoms. The third kappa shape index (κ3) is 8.95. The monoisotopic (exact) mass is 916 g/mol. The number of fused-ring (bicyclic) bond motifs is 6. The van der Waals surface area contributed by atoms with Gasteiger partial charge in [-0.25, -0.2) is 12.0 Å². The quantitative estimate of drug-likeness (QED) is 0.175. The number of aryl methyl sites for hydroxylation is 3. The molecular weight excluding hydrogens is 847 g/mol. The topological polar surface area (TPSA) is 0 Å². The zero-order chi connectivity index (χ0) is 42.4. The Kier molecular flexibility index (Phi) is 15.9. The summed E-state index contributed by atoms with van der Waals surface area (Å²) in [6.07, 6.45) is 12.3. The number of halogens is 2. The molecule has 0 aromatic heterocycles. The van der Waals surface area contributed by atoms with Crippen molar-refractivity contribution in [1.82, 2.24) is 0 Å². The van der Waals surface area contributed by atoms with E-state index in [2.05, 4.69) is 200 Å². The zero-order valence-electron chi connectivity index (χ0n) is 39.4. The minimum Gasteiger partial charge on any atom is -1.00 e. The fourth-order valence-corrected chi connectivity index (χ4v) is 11.5. The van der Waals surface area contributed by atoms with Gasteiger partial charge in [0.05, 0.1) is 0 Å². The molecule has 4 aromatic carbocycles. The molecule has 4 aromatic rings. The van der Waals surface area contributed by atoms with Crippen LogP contribution in [0.1, 0.15) is 153 Å². The van der Waals surface area contributed by atoms with Crippen LogP contribution in [-0.4, -0.2) is 3.21 Å². The summed E-state index contributed by atoms with van der Waals surface area (Å²) in [7, 11) is 0. The van der Waals surface area contributed by atoms with Crippen LogP contribution in [0.3, 0.4) is 0 Å². The molecule has 4 aliphatic carbocycles. The van der Waals surface area contributed by atoms with Crippen LogP contribution >= 0.6 is 0 Å². The first kappa shape index (κ1) is 50.1. The molecule has 2 atom stereocenters. The summed E-state index contributed by atoms with van der Waals surface area (Å²) in [5.41, 5.74) is 18.9. The van der Waals surface area contributed by atoms with E-state index in [4.69, 9.17) is 0 Å². The molecule has 2 unspecified atom stereocenters. The third-order valence-electron chi connectivity index (χ3n) is 16.0. The number of hydrogen-bond donors (Lipinski definition) is 0. The van der Waals surface area contributed by atoms with Gasteiger partial charge in [-0.2, -0.15) is 34.4 Å². The van der Waals surface area contributed by atoms with Crippen LogP contribution in [-0.2, 0) is 42.5 Å². The summed E-state index contributed by atoms with van der Waals surface area (Å²) < 4.78 is 1.42. The van der Waals surface area contributed by atoms with Crippen LogP contribution in [0.25, 0.3) is 5.57 Å². The number of rotatable bonds is 5. The number of hydrogen-bond acceptors (Lipinski definition) is 0. The minimum atomic E-state index is 0. The van der Waals surface area contributed by atoms with Crippen LogP contribution in [0.4, 0.5) is 0 Å². The molecule has 0 N–H and O–H groups in total. The van der Waals surface area contributed by atoms with Crippen molar-refractivity contribution in [3.8, 4) is 0 Å². The van der Waals surface area contributed by atoms with Gasteiger partial charge in [0.25, 0.3) is 0 Å². The van der Waals surface area contributed by atoms with E-state index in [0.717, 1.165) is 6.42 Å². The molecule has 1 saturated carbocycles. The first-order chi connectivity index (χ1) is 27.2. The van der Waals surface area contributed by atoms with Crippen LogP contribution in [0.15, 0.2) is 120 Å². The van der Waals surface area contributed by atoms with Gasteiger partial charge in [0.2, 0.25) is 0 Å². The molecule has 0 heterocycles. The Morgan fingerprint density at radius 1 is 0.817 bits per heavy atom. The molecule has 60 heavy (non-hydrogen) atoms. The first-order valence-corrected chi connectivity index (χ1v) is 23.5. The van der Waals surface area contributed by atoms with Crippen molar-refractivity contribution in [3.63, 3.8) is 0 Å². The standard InChI is InChI=1S/C29H37.C15H14.C13H21.2ClH.Zr/c1-18-25-22-17-19-13-9-10-14-20(19)24(22)21-15-11-12-16-23(21)29(25,8)28(6,7)27(4,5)26(18,2)3;1-12-3-7-14(8-4-12)11-15-9-5-13(2)6-10-15;1-5-6-7-11-8-9-12(10-11)13(2,3)4;;;/h9-11,13-15,23H,12,16-17H2,1-8H3;3-10H,1-2H3;8-10H,5-7H2,1-4H3;2*1H;/q-1;;-1;;;+2/p-2. The summed E-state index contributed by atoms with van der Waals surface area (Å²) in [4.78, 5) is 0. The average molecular weight is 919 g/mol. The molecule has 320 valence electrons.